The first-order valence-electron chi connectivity index (χ1n) is 5.71. The summed E-state index contributed by atoms with van der Waals surface area (Å²) in [6.07, 6.45) is 1.07. The minimum atomic E-state index is -3.85. The van der Waals surface area contributed by atoms with E-state index in [1.807, 2.05) is 4.72 Å². The van der Waals surface area contributed by atoms with Crippen molar-refractivity contribution in [2.45, 2.75) is 18.9 Å². The number of carboxylic acid groups (broad SMARTS) is 1. The Hall–Kier alpha value is -2.00. The van der Waals surface area contributed by atoms with Gasteiger partial charge in [-0.25, -0.2) is 13.1 Å². The number of rotatable bonds is 8. The number of nitrogens with two attached hydrogens (primary N) is 1. The first kappa shape index (κ1) is 16.1. The van der Waals surface area contributed by atoms with Gasteiger partial charge in [-0.05, 0) is 12.1 Å². The maximum atomic E-state index is 11.7. The number of nitrogens with one attached hydrogen (secondary N) is 1. The lowest BCUT2D eigenvalue weighted by Crippen LogP contribution is -2.44. The zero-order valence-electron chi connectivity index (χ0n) is 10.5. The second-order valence-corrected chi connectivity index (χ2v) is 5.94. The third-order valence-electron chi connectivity index (χ3n) is 2.38. The molecule has 0 aliphatic carbocycles. The van der Waals surface area contributed by atoms with E-state index in [1.165, 1.54) is 6.20 Å². The first-order chi connectivity index (χ1) is 9.30. The Labute approximate surface area is 116 Å². The number of pyridine rings is 1. The molecule has 1 aromatic rings. The van der Waals surface area contributed by atoms with Gasteiger partial charge >= 0.3 is 5.97 Å². The zero-order valence-corrected chi connectivity index (χ0v) is 11.3. The summed E-state index contributed by atoms with van der Waals surface area (Å²) in [6, 6.07) is 3.52. The molecular weight excluding hydrogens is 286 g/mol. The quantitative estimate of drug-likeness (QED) is 0.555. The maximum Gasteiger partial charge on any atom is 0.322 e. The van der Waals surface area contributed by atoms with Crippen LogP contribution in [-0.4, -0.2) is 42.2 Å². The van der Waals surface area contributed by atoms with E-state index in [-0.39, 0.29) is 12.2 Å². The Bertz CT molecular complexity index is 573. The van der Waals surface area contributed by atoms with E-state index in [4.69, 9.17) is 10.8 Å². The average Bonchev–Trinajstić information content (AvgIpc) is 2.36. The van der Waals surface area contributed by atoms with E-state index < -0.39 is 34.4 Å². The smallest absolute Gasteiger partial charge is 0.322 e. The Kier molecular flexibility index (Phi) is 5.59. The van der Waals surface area contributed by atoms with Crippen molar-refractivity contribution in [2.24, 2.45) is 5.73 Å². The molecule has 0 saturated heterocycles. The summed E-state index contributed by atoms with van der Waals surface area (Å²) < 4.78 is 25.4. The van der Waals surface area contributed by atoms with Gasteiger partial charge in [-0.15, -0.1) is 0 Å². The van der Waals surface area contributed by atoms with Crippen LogP contribution in [0, 0.1) is 0 Å². The number of carboxylic acids is 1. The Balaban J connectivity index is 2.63. The predicted molar refractivity (Wildman–Crippen MR) is 70.1 cm³/mol. The molecule has 1 heterocycles. The van der Waals surface area contributed by atoms with Crippen molar-refractivity contribution < 1.29 is 23.1 Å². The molecule has 1 aromatic heterocycles. The highest BCUT2D eigenvalue weighted by Crippen LogP contribution is 2.00. The van der Waals surface area contributed by atoms with Gasteiger partial charge in [0.2, 0.25) is 15.9 Å². The lowest BCUT2D eigenvalue weighted by Gasteiger charge is -2.13. The summed E-state index contributed by atoms with van der Waals surface area (Å²) in [6.45, 7) is 0. The van der Waals surface area contributed by atoms with Gasteiger partial charge < -0.3 is 10.8 Å². The third-order valence-corrected chi connectivity index (χ3v) is 3.76. The number of carbonyl (C=O) groups excluding carboxylic acids is 1. The zero-order chi connectivity index (χ0) is 15.2. The van der Waals surface area contributed by atoms with Crippen LogP contribution in [0.5, 0.6) is 0 Å². The van der Waals surface area contributed by atoms with Crippen molar-refractivity contribution in [1.82, 2.24) is 9.71 Å². The molecule has 20 heavy (non-hydrogen) atoms. The summed E-state index contributed by atoms with van der Waals surface area (Å²) in [5, 5.41) is 8.82. The van der Waals surface area contributed by atoms with E-state index in [1.54, 1.807) is 18.2 Å². The van der Waals surface area contributed by atoms with E-state index in [9.17, 15) is 18.0 Å². The number of aromatic nitrogens is 1. The van der Waals surface area contributed by atoms with Gasteiger partial charge in [-0.3, -0.25) is 14.6 Å². The van der Waals surface area contributed by atoms with Crippen LogP contribution in [-0.2, 0) is 26.0 Å². The van der Waals surface area contributed by atoms with Crippen molar-refractivity contribution in [3.05, 3.63) is 30.1 Å². The molecule has 1 atom stereocenters. The Morgan fingerprint density at radius 3 is 2.60 bits per heavy atom. The SMILES string of the molecule is NC(=O)C[C@H](NS(=O)(=O)CCc1ccccn1)C(=O)O. The van der Waals surface area contributed by atoms with Crippen molar-refractivity contribution in [2.75, 3.05) is 5.75 Å². The molecule has 0 aromatic carbocycles. The topological polar surface area (TPSA) is 139 Å². The van der Waals surface area contributed by atoms with Gasteiger partial charge in [-0.2, -0.15) is 0 Å². The highest BCUT2D eigenvalue weighted by molar-refractivity contribution is 7.89. The first-order valence-corrected chi connectivity index (χ1v) is 7.36. The standard InChI is InChI=1S/C11H15N3O5S/c12-10(15)7-9(11(16)17)14-20(18,19)6-4-8-3-1-2-5-13-8/h1-3,5,9,14H,4,6-7H2,(H2,12,15)(H,16,17)/t9-/m0/s1. The molecule has 4 N–H and O–H groups in total. The number of hydrogen-bond donors (Lipinski definition) is 3. The van der Waals surface area contributed by atoms with Gasteiger partial charge in [0.25, 0.3) is 0 Å². The number of aliphatic carboxylic acids is 1. The van der Waals surface area contributed by atoms with Crippen molar-refractivity contribution >= 4 is 21.9 Å². The van der Waals surface area contributed by atoms with Crippen LogP contribution in [0.4, 0.5) is 0 Å². The van der Waals surface area contributed by atoms with E-state index in [0.717, 1.165) is 0 Å². The molecule has 0 spiro atoms. The summed E-state index contributed by atoms with van der Waals surface area (Å²) in [4.78, 5) is 25.5. The molecule has 0 fully saturated rings. The molecule has 0 saturated carbocycles. The number of primary amides is 1. The summed E-state index contributed by atoms with van der Waals surface area (Å²) in [7, 11) is -3.85. The summed E-state index contributed by atoms with van der Waals surface area (Å²) in [5.74, 6) is -2.68. The van der Waals surface area contributed by atoms with Gasteiger partial charge in [0.1, 0.15) is 6.04 Å². The minimum Gasteiger partial charge on any atom is -0.480 e. The fourth-order valence-corrected chi connectivity index (χ4v) is 2.65. The molecule has 0 bridgehead atoms. The lowest BCUT2D eigenvalue weighted by molar-refractivity contribution is -0.140. The second-order valence-electron chi connectivity index (χ2n) is 4.07. The van der Waals surface area contributed by atoms with E-state index in [2.05, 4.69) is 4.98 Å². The van der Waals surface area contributed by atoms with Gasteiger partial charge in [0.15, 0.2) is 0 Å². The van der Waals surface area contributed by atoms with Gasteiger partial charge in [-0.1, -0.05) is 6.07 Å². The molecule has 9 heteroatoms. The highest BCUT2D eigenvalue weighted by atomic mass is 32.2. The van der Waals surface area contributed by atoms with Crippen molar-refractivity contribution in [1.29, 1.82) is 0 Å². The van der Waals surface area contributed by atoms with E-state index in [0.29, 0.717) is 5.69 Å². The van der Waals surface area contributed by atoms with Crippen LogP contribution in [0.1, 0.15) is 12.1 Å². The van der Waals surface area contributed by atoms with Crippen LogP contribution in [0.3, 0.4) is 0 Å². The second kappa shape index (κ2) is 6.96. The molecule has 8 nitrogen and oxygen atoms in total. The lowest BCUT2D eigenvalue weighted by atomic mass is 10.2. The van der Waals surface area contributed by atoms with Crippen molar-refractivity contribution in [3.63, 3.8) is 0 Å². The number of carbonyl (C=O) groups is 2. The normalized spacial score (nSPS) is 12.8. The summed E-state index contributed by atoms with van der Waals surface area (Å²) >= 11 is 0. The van der Waals surface area contributed by atoms with Crippen LogP contribution in [0.25, 0.3) is 0 Å². The van der Waals surface area contributed by atoms with Crippen LogP contribution < -0.4 is 10.5 Å². The summed E-state index contributed by atoms with van der Waals surface area (Å²) in [5.41, 5.74) is 5.44. The minimum absolute atomic E-state index is 0.138. The fraction of sp³-hybridized carbons (Fsp3) is 0.364. The highest BCUT2D eigenvalue weighted by Gasteiger charge is 2.25. The molecule has 0 aliphatic heterocycles. The van der Waals surface area contributed by atoms with Crippen molar-refractivity contribution in [3.8, 4) is 0 Å². The van der Waals surface area contributed by atoms with E-state index >= 15 is 0 Å². The molecule has 0 radical (unpaired) electrons. The number of aryl methyl sites for hydroxylation is 1. The van der Waals surface area contributed by atoms with Gasteiger partial charge in [0.05, 0.1) is 12.2 Å². The Morgan fingerprint density at radius 1 is 1.40 bits per heavy atom. The van der Waals surface area contributed by atoms with Gasteiger partial charge in [0, 0.05) is 18.3 Å². The predicted octanol–water partition coefficient (Wildman–Crippen LogP) is -1.13. The molecule has 1 rings (SSSR count). The Morgan fingerprint density at radius 2 is 2.10 bits per heavy atom. The molecular formula is C11H15N3O5S. The number of hydrogen-bond acceptors (Lipinski definition) is 5. The van der Waals surface area contributed by atoms with Crippen LogP contribution in [0.2, 0.25) is 0 Å². The average molecular weight is 301 g/mol. The monoisotopic (exact) mass is 301 g/mol. The van der Waals surface area contributed by atoms with Crippen LogP contribution >= 0.6 is 0 Å². The number of sulfonamides is 1. The molecule has 110 valence electrons. The number of nitrogens with zero attached hydrogens (tertiary/aromatic N) is 1. The van der Waals surface area contributed by atoms with Crippen LogP contribution in [0.15, 0.2) is 24.4 Å². The largest absolute Gasteiger partial charge is 0.480 e. The maximum absolute atomic E-state index is 11.7. The molecule has 1 amide bonds. The third kappa shape index (κ3) is 5.76. The molecule has 0 aliphatic rings. The fourth-order valence-electron chi connectivity index (χ4n) is 1.44. The molecule has 0 unspecified atom stereocenters. The number of amides is 1.